The van der Waals surface area contributed by atoms with Gasteiger partial charge in [0.25, 0.3) is 0 Å². The molecule has 1 rings (SSSR count). The number of aromatic nitrogens is 2. The van der Waals surface area contributed by atoms with Crippen molar-refractivity contribution in [2.45, 2.75) is 27.2 Å². The number of hydrogen-bond acceptors (Lipinski definition) is 4. The quantitative estimate of drug-likeness (QED) is 0.563. The van der Waals surface area contributed by atoms with Gasteiger partial charge < -0.3 is 15.8 Å². The topological polar surface area (TPSA) is 65.1 Å². The van der Waals surface area contributed by atoms with Crippen LogP contribution in [-0.2, 0) is 11.8 Å². The van der Waals surface area contributed by atoms with E-state index in [0.717, 1.165) is 30.1 Å². The fraction of sp³-hybridized carbons (Fsp3) is 0.692. The van der Waals surface area contributed by atoms with Crippen LogP contribution in [0.15, 0.2) is 0 Å². The molecule has 0 aromatic carbocycles. The minimum atomic E-state index is 0.369. The Morgan fingerprint density at radius 2 is 2.16 bits per heavy atom. The summed E-state index contributed by atoms with van der Waals surface area (Å²) in [5.74, 6) is 1.53. The molecule has 1 heterocycles. The number of aryl methyl sites for hydroxylation is 2. The molecule has 108 valence electrons. The second-order valence-electron chi connectivity index (χ2n) is 5.02. The molecular formula is C13H24N4OS. The first kappa shape index (κ1) is 15.9. The maximum absolute atomic E-state index is 5.72. The number of thiocarbonyl (C=S) groups is 1. The van der Waals surface area contributed by atoms with Gasteiger partial charge in [0, 0.05) is 20.2 Å². The molecule has 0 spiro atoms. The molecule has 0 atom stereocenters. The highest BCUT2D eigenvalue weighted by Crippen LogP contribution is 2.18. The normalized spacial score (nSPS) is 11.0. The highest BCUT2D eigenvalue weighted by atomic mass is 32.1. The van der Waals surface area contributed by atoms with Crippen LogP contribution in [0.25, 0.3) is 0 Å². The Morgan fingerprint density at radius 3 is 2.74 bits per heavy atom. The van der Waals surface area contributed by atoms with Gasteiger partial charge in [-0.15, -0.1) is 0 Å². The summed E-state index contributed by atoms with van der Waals surface area (Å²) in [6.45, 7) is 8.45. The van der Waals surface area contributed by atoms with Gasteiger partial charge in [-0.05, 0) is 19.3 Å². The Kier molecular flexibility index (Phi) is 6.24. The summed E-state index contributed by atoms with van der Waals surface area (Å²) in [6.07, 6.45) is 1.09. The number of hydrogen-bond donors (Lipinski definition) is 2. The van der Waals surface area contributed by atoms with Gasteiger partial charge in [0.1, 0.15) is 10.8 Å². The molecule has 1 aromatic rings. The van der Waals surface area contributed by atoms with E-state index in [1.807, 2.05) is 14.0 Å². The number of ether oxygens (including phenoxy) is 1. The average molecular weight is 284 g/mol. The second-order valence-corrected chi connectivity index (χ2v) is 5.46. The van der Waals surface area contributed by atoms with Crippen LogP contribution in [0, 0.1) is 12.8 Å². The van der Waals surface area contributed by atoms with Crippen molar-refractivity contribution in [3.63, 3.8) is 0 Å². The van der Waals surface area contributed by atoms with E-state index in [4.69, 9.17) is 22.7 Å². The first-order valence-corrected chi connectivity index (χ1v) is 6.99. The van der Waals surface area contributed by atoms with Crippen molar-refractivity contribution in [1.29, 1.82) is 0 Å². The maximum Gasteiger partial charge on any atom is 0.134 e. The van der Waals surface area contributed by atoms with Gasteiger partial charge in [-0.3, -0.25) is 4.68 Å². The molecule has 0 amide bonds. The van der Waals surface area contributed by atoms with Crippen molar-refractivity contribution in [1.82, 2.24) is 9.78 Å². The summed E-state index contributed by atoms with van der Waals surface area (Å²) in [4.78, 5) is 0.369. The van der Waals surface area contributed by atoms with Crippen LogP contribution >= 0.6 is 12.2 Å². The zero-order chi connectivity index (χ0) is 14.4. The molecule has 0 aliphatic rings. The Hall–Kier alpha value is -1.14. The number of nitrogens with two attached hydrogens (primary N) is 1. The average Bonchev–Trinajstić information content (AvgIpc) is 2.58. The van der Waals surface area contributed by atoms with Crippen molar-refractivity contribution in [3.05, 3.63) is 11.3 Å². The predicted molar refractivity (Wildman–Crippen MR) is 82.6 cm³/mol. The summed E-state index contributed by atoms with van der Waals surface area (Å²) in [5, 5.41) is 7.60. The molecule has 0 unspecified atom stereocenters. The van der Waals surface area contributed by atoms with E-state index in [9.17, 15) is 0 Å². The van der Waals surface area contributed by atoms with E-state index in [2.05, 4.69) is 24.3 Å². The lowest BCUT2D eigenvalue weighted by molar-refractivity contribution is 0.132. The van der Waals surface area contributed by atoms with E-state index < -0.39 is 0 Å². The molecule has 6 heteroatoms. The van der Waals surface area contributed by atoms with Gasteiger partial charge in [-0.25, -0.2) is 0 Å². The fourth-order valence-electron chi connectivity index (χ4n) is 1.82. The molecule has 0 aliphatic heterocycles. The van der Waals surface area contributed by atoms with Gasteiger partial charge in [0.15, 0.2) is 0 Å². The minimum Gasteiger partial charge on any atom is -0.389 e. The molecule has 0 aliphatic carbocycles. The summed E-state index contributed by atoms with van der Waals surface area (Å²) >= 11 is 5.05. The molecular weight excluding hydrogens is 260 g/mol. The van der Waals surface area contributed by atoms with Crippen LogP contribution in [0.1, 0.15) is 31.5 Å². The zero-order valence-corrected chi connectivity index (χ0v) is 13.0. The third-order valence-corrected chi connectivity index (χ3v) is 3.05. The predicted octanol–water partition coefficient (Wildman–Crippen LogP) is 1.84. The van der Waals surface area contributed by atoms with E-state index in [1.165, 1.54) is 0 Å². The number of rotatable bonds is 8. The first-order valence-electron chi connectivity index (χ1n) is 6.58. The molecule has 3 N–H and O–H groups in total. The fourth-order valence-corrected chi connectivity index (χ4v) is 2.06. The lowest BCUT2D eigenvalue weighted by Crippen LogP contribution is -2.17. The molecule has 0 radical (unpaired) electrons. The van der Waals surface area contributed by atoms with Gasteiger partial charge in [0.2, 0.25) is 0 Å². The summed E-state index contributed by atoms with van der Waals surface area (Å²) < 4.78 is 7.32. The zero-order valence-electron chi connectivity index (χ0n) is 12.2. The first-order chi connectivity index (χ1) is 8.93. The Morgan fingerprint density at radius 1 is 1.47 bits per heavy atom. The maximum atomic E-state index is 5.72. The second kappa shape index (κ2) is 7.45. The monoisotopic (exact) mass is 284 g/mol. The van der Waals surface area contributed by atoms with Crippen LogP contribution in [0.5, 0.6) is 0 Å². The smallest absolute Gasteiger partial charge is 0.134 e. The molecule has 0 saturated heterocycles. The summed E-state index contributed by atoms with van der Waals surface area (Å²) in [5.41, 5.74) is 7.39. The van der Waals surface area contributed by atoms with Gasteiger partial charge >= 0.3 is 0 Å². The Balaban J connectivity index is 2.43. The van der Waals surface area contributed by atoms with Crippen LogP contribution in [0.3, 0.4) is 0 Å². The lowest BCUT2D eigenvalue weighted by atomic mass is 10.1. The van der Waals surface area contributed by atoms with Crippen LogP contribution in [0.4, 0.5) is 5.82 Å². The molecule has 0 bridgehead atoms. The molecule has 1 aromatic heterocycles. The summed E-state index contributed by atoms with van der Waals surface area (Å²) in [6, 6.07) is 0. The Labute approximate surface area is 120 Å². The minimum absolute atomic E-state index is 0.369. The van der Waals surface area contributed by atoms with Crippen molar-refractivity contribution in [2.75, 3.05) is 25.1 Å². The van der Waals surface area contributed by atoms with Gasteiger partial charge in [0.05, 0.1) is 17.9 Å². The molecule has 5 nitrogen and oxygen atoms in total. The van der Waals surface area contributed by atoms with E-state index in [-0.39, 0.29) is 0 Å². The highest BCUT2D eigenvalue weighted by Gasteiger charge is 2.14. The largest absolute Gasteiger partial charge is 0.389 e. The van der Waals surface area contributed by atoms with Crippen molar-refractivity contribution in [2.24, 2.45) is 18.7 Å². The van der Waals surface area contributed by atoms with Crippen molar-refractivity contribution >= 4 is 23.0 Å². The third kappa shape index (κ3) is 4.80. The van der Waals surface area contributed by atoms with Crippen LogP contribution < -0.4 is 11.1 Å². The third-order valence-electron chi connectivity index (χ3n) is 2.85. The van der Waals surface area contributed by atoms with Crippen molar-refractivity contribution < 1.29 is 4.74 Å². The molecule has 19 heavy (non-hydrogen) atoms. The van der Waals surface area contributed by atoms with Crippen molar-refractivity contribution in [3.8, 4) is 0 Å². The molecule has 0 saturated carbocycles. The van der Waals surface area contributed by atoms with Crippen LogP contribution in [0.2, 0.25) is 0 Å². The number of nitrogens with one attached hydrogen (secondary N) is 1. The number of anilines is 1. The van der Waals surface area contributed by atoms with Gasteiger partial charge in [-0.1, -0.05) is 26.1 Å². The SMILES string of the molecule is Cc1nn(C)c(NCCOCCC(C)C)c1C(N)=S. The summed E-state index contributed by atoms with van der Waals surface area (Å²) in [7, 11) is 1.87. The number of nitrogens with zero attached hydrogens (tertiary/aromatic N) is 2. The van der Waals surface area contributed by atoms with E-state index >= 15 is 0 Å². The molecule has 0 fully saturated rings. The van der Waals surface area contributed by atoms with Crippen LogP contribution in [-0.4, -0.2) is 34.5 Å². The van der Waals surface area contributed by atoms with E-state index in [0.29, 0.717) is 24.1 Å². The highest BCUT2D eigenvalue weighted by molar-refractivity contribution is 7.80. The standard InChI is InChI=1S/C13H24N4OS/c1-9(2)5-7-18-8-6-15-13-11(12(14)19)10(3)16-17(13)4/h9,15H,5-8H2,1-4H3,(H2,14,19). The Bertz CT molecular complexity index is 429. The van der Waals surface area contributed by atoms with Gasteiger partial charge in [-0.2, -0.15) is 5.10 Å². The lowest BCUT2D eigenvalue weighted by Gasteiger charge is -2.10. The van der Waals surface area contributed by atoms with E-state index in [1.54, 1.807) is 4.68 Å².